The summed E-state index contributed by atoms with van der Waals surface area (Å²) in [6.07, 6.45) is 1.42. The maximum atomic E-state index is 12.2. The predicted octanol–water partition coefficient (Wildman–Crippen LogP) is 2.33. The lowest BCUT2D eigenvalue weighted by Crippen LogP contribution is -2.04. The van der Waals surface area contributed by atoms with Crippen LogP contribution in [0.4, 0.5) is 4.39 Å². The van der Waals surface area contributed by atoms with E-state index < -0.39 is 5.83 Å². The third-order valence-corrected chi connectivity index (χ3v) is 1.36. The predicted molar refractivity (Wildman–Crippen MR) is 42.4 cm³/mol. The molecule has 0 unspecified atom stereocenters. The van der Waals surface area contributed by atoms with Gasteiger partial charge in [0, 0.05) is 7.05 Å². The van der Waals surface area contributed by atoms with Gasteiger partial charge in [-0.2, -0.15) is 0 Å². The molecule has 0 amide bonds. The molecule has 0 aliphatic heterocycles. The smallest absolute Gasteiger partial charge is 0.136 e. The van der Waals surface area contributed by atoms with E-state index in [-0.39, 0.29) is 5.03 Å². The Morgan fingerprint density at radius 2 is 2.20 bits per heavy atom. The Morgan fingerprint density at radius 1 is 1.70 bits per heavy atom. The average Bonchev–Trinajstić information content (AvgIpc) is 1.90. The molecule has 0 fully saturated rings. The second-order valence-electron chi connectivity index (χ2n) is 1.59. The minimum Gasteiger partial charge on any atom is -0.387 e. The summed E-state index contributed by atoms with van der Waals surface area (Å²) in [6, 6.07) is 0. The molecule has 10 heavy (non-hydrogen) atoms. The van der Waals surface area contributed by atoms with Gasteiger partial charge >= 0.3 is 0 Å². The van der Waals surface area contributed by atoms with Gasteiger partial charge in [-0.25, -0.2) is 4.39 Å². The number of hydrogen-bond acceptors (Lipinski definition) is 1. The van der Waals surface area contributed by atoms with Gasteiger partial charge in [0.2, 0.25) is 0 Å². The van der Waals surface area contributed by atoms with Crippen molar-refractivity contribution < 1.29 is 4.39 Å². The van der Waals surface area contributed by atoms with Gasteiger partial charge in [-0.3, -0.25) is 0 Å². The summed E-state index contributed by atoms with van der Waals surface area (Å²) in [7, 11) is 1.63. The van der Waals surface area contributed by atoms with Crippen molar-refractivity contribution >= 4 is 11.6 Å². The van der Waals surface area contributed by atoms with E-state index in [1.807, 2.05) is 0 Å². The van der Waals surface area contributed by atoms with Gasteiger partial charge in [-0.15, -0.1) is 0 Å². The Labute approximate surface area is 64.9 Å². The van der Waals surface area contributed by atoms with Crippen LogP contribution in [-0.4, -0.2) is 7.05 Å². The third kappa shape index (κ3) is 2.23. The first kappa shape index (κ1) is 9.24. The summed E-state index contributed by atoms with van der Waals surface area (Å²) in [4.78, 5) is 0. The number of nitrogens with one attached hydrogen (secondary N) is 1. The monoisotopic (exact) mass is 161 g/mol. The highest BCUT2D eigenvalue weighted by molar-refractivity contribution is 6.32. The molecular weight excluding hydrogens is 153 g/mol. The molecule has 56 valence electrons. The van der Waals surface area contributed by atoms with Crippen molar-refractivity contribution in [3.63, 3.8) is 0 Å². The van der Waals surface area contributed by atoms with Gasteiger partial charge in [0.25, 0.3) is 0 Å². The molecule has 0 bridgehead atoms. The topological polar surface area (TPSA) is 12.0 Å². The first-order valence-corrected chi connectivity index (χ1v) is 3.06. The molecule has 0 aliphatic rings. The molecule has 0 saturated carbocycles. The summed E-state index contributed by atoms with van der Waals surface area (Å²) < 4.78 is 12.2. The van der Waals surface area contributed by atoms with Crippen LogP contribution in [0.3, 0.4) is 0 Å². The molecule has 0 aliphatic carbocycles. The molecule has 0 radical (unpaired) electrons. The lowest BCUT2D eigenvalue weighted by Gasteiger charge is -2.01. The van der Waals surface area contributed by atoms with E-state index in [0.29, 0.717) is 5.70 Å². The maximum absolute atomic E-state index is 12.2. The minimum absolute atomic E-state index is 0.0301. The van der Waals surface area contributed by atoms with Crippen molar-refractivity contribution in [1.82, 2.24) is 5.32 Å². The molecule has 1 N–H and O–H groups in total. The summed E-state index contributed by atoms with van der Waals surface area (Å²) in [5.74, 6) is -0.661. The van der Waals surface area contributed by atoms with Crippen LogP contribution in [0.25, 0.3) is 0 Å². The molecule has 0 heterocycles. The highest BCUT2D eigenvalue weighted by Gasteiger charge is 2.01. The van der Waals surface area contributed by atoms with Crippen LogP contribution in [0.5, 0.6) is 0 Å². The van der Waals surface area contributed by atoms with Gasteiger partial charge in [0.15, 0.2) is 0 Å². The fourth-order valence-corrected chi connectivity index (χ4v) is 0.619. The van der Waals surface area contributed by atoms with Gasteiger partial charge < -0.3 is 5.32 Å². The molecule has 1 nitrogen and oxygen atoms in total. The van der Waals surface area contributed by atoms with Crippen LogP contribution in [0.15, 0.2) is 35.8 Å². The first-order chi connectivity index (χ1) is 4.63. The van der Waals surface area contributed by atoms with E-state index in [0.717, 1.165) is 0 Å². The summed E-state index contributed by atoms with van der Waals surface area (Å²) in [6.45, 7) is 6.45. The zero-order chi connectivity index (χ0) is 8.15. The lowest BCUT2D eigenvalue weighted by atomic mass is 10.3. The maximum Gasteiger partial charge on any atom is 0.136 e. The second-order valence-corrected chi connectivity index (χ2v) is 1.96. The molecule has 0 aromatic carbocycles. The Hall–Kier alpha value is -0.760. The Bertz CT molecular complexity index is 184. The summed E-state index contributed by atoms with van der Waals surface area (Å²) >= 11 is 5.45. The minimum atomic E-state index is -0.661. The van der Waals surface area contributed by atoms with Crippen LogP contribution >= 0.6 is 11.6 Å². The van der Waals surface area contributed by atoms with E-state index in [9.17, 15) is 4.39 Å². The van der Waals surface area contributed by atoms with Gasteiger partial charge in [0.1, 0.15) is 5.83 Å². The Kier molecular flexibility index (Phi) is 3.81. The molecule has 0 spiro atoms. The average molecular weight is 162 g/mol. The van der Waals surface area contributed by atoms with Crippen LogP contribution in [0, 0.1) is 0 Å². The largest absolute Gasteiger partial charge is 0.387 e. The SMILES string of the molecule is C=C/C(NC)=C(/Cl)C(=C)F. The quantitative estimate of drug-likeness (QED) is 0.627. The van der Waals surface area contributed by atoms with E-state index >= 15 is 0 Å². The Morgan fingerprint density at radius 3 is 2.30 bits per heavy atom. The van der Waals surface area contributed by atoms with Crippen LogP contribution in [0.1, 0.15) is 0 Å². The highest BCUT2D eigenvalue weighted by atomic mass is 35.5. The number of allylic oxidation sites excluding steroid dienone is 3. The molecule has 0 atom stereocenters. The Balaban J connectivity index is 4.59. The van der Waals surface area contributed by atoms with E-state index in [4.69, 9.17) is 11.6 Å². The fraction of sp³-hybridized carbons (Fsp3) is 0.143. The molecule has 0 rings (SSSR count). The molecule has 0 aromatic heterocycles. The molecule has 0 saturated heterocycles. The number of halogens is 2. The van der Waals surface area contributed by atoms with Crippen molar-refractivity contribution in [2.24, 2.45) is 0 Å². The van der Waals surface area contributed by atoms with E-state index in [1.165, 1.54) is 6.08 Å². The standard InChI is InChI=1S/C7H9ClFN/c1-4-6(10-3)7(8)5(2)9/h4,10H,1-2H2,3H3/b7-6-. The number of hydrogen-bond donors (Lipinski definition) is 1. The van der Waals surface area contributed by atoms with Crippen LogP contribution in [0.2, 0.25) is 0 Å². The fourth-order valence-electron chi connectivity index (χ4n) is 0.448. The van der Waals surface area contributed by atoms with E-state index in [2.05, 4.69) is 18.5 Å². The van der Waals surface area contributed by atoms with Crippen LogP contribution in [-0.2, 0) is 0 Å². The molecule has 0 aromatic rings. The van der Waals surface area contributed by atoms with Crippen LogP contribution < -0.4 is 5.32 Å². The number of likely N-dealkylation sites (N-methyl/N-ethyl adjacent to an activating group) is 1. The molecule has 3 heteroatoms. The van der Waals surface area contributed by atoms with E-state index in [1.54, 1.807) is 7.05 Å². The number of rotatable bonds is 3. The van der Waals surface area contributed by atoms with Crippen molar-refractivity contribution in [3.05, 3.63) is 35.8 Å². The lowest BCUT2D eigenvalue weighted by molar-refractivity contribution is 0.663. The first-order valence-electron chi connectivity index (χ1n) is 2.68. The van der Waals surface area contributed by atoms with Crippen molar-refractivity contribution in [2.75, 3.05) is 7.05 Å². The highest BCUT2D eigenvalue weighted by Crippen LogP contribution is 2.17. The summed E-state index contributed by atoms with van der Waals surface area (Å²) in [5.41, 5.74) is 0.439. The molecular formula is C7H9ClFN. The van der Waals surface area contributed by atoms with Crippen molar-refractivity contribution in [2.45, 2.75) is 0 Å². The second kappa shape index (κ2) is 4.12. The van der Waals surface area contributed by atoms with Gasteiger partial charge in [0.05, 0.1) is 10.7 Å². The van der Waals surface area contributed by atoms with Gasteiger partial charge in [-0.05, 0) is 6.08 Å². The van der Waals surface area contributed by atoms with Crippen molar-refractivity contribution in [1.29, 1.82) is 0 Å². The zero-order valence-corrected chi connectivity index (χ0v) is 6.50. The normalized spacial score (nSPS) is 11.9. The zero-order valence-electron chi connectivity index (χ0n) is 5.75. The van der Waals surface area contributed by atoms with Crippen molar-refractivity contribution in [3.8, 4) is 0 Å². The van der Waals surface area contributed by atoms with Gasteiger partial charge in [-0.1, -0.05) is 24.8 Å². The third-order valence-electron chi connectivity index (χ3n) is 0.948. The summed E-state index contributed by atoms with van der Waals surface area (Å²) in [5, 5.41) is 2.63.